The molecule has 0 rings (SSSR count). The van der Waals surface area contributed by atoms with Gasteiger partial charge in [-0.3, -0.25) is 9.59 Å². The summed E-state index contributed by atoms with van der Waals surface area (Å²) in [5.41, 5.74) is -1.03. The third kappa shape index (κ3) is 4.40. The van der Waals surface area contributed by atoms with Crippen LogP contribution in [0, 0.1) is 5.41 Å². The minimum Gasteiger partial charge on any atom is -0.460 e. The fraction of sp³-hybridized carbons (Fsp3) is 0.818. The van der Waals surface area contributed by atoms with Crippen molar-refractivity contribution in [3.63, 3.8) is 0 Å². The van der Waals surface area contributed by atoms with Crippen molar-refractivity contribution in [2.24, 2.45) is 5.41 Å². The Labute approximate surface area is 85.8 Å². The number of esters is 1. The molecular formula is C11H20O3. The molecule has 3 heteroatoms. The molecule has 0 aromatic carbocycles. The molecule has 0 spiro atoms. The summed E-state index contributed by atoms with van der Waals surface area (Å²) in [6.07, 6.45) is 0.537. The molecule has 0 heterocycles. The summed E-state index contributed by atoms with van der Waals surface area (Å²) in [6, 6.07) is 0. The van der Waals surface area contributed by atoms with Crippen LogP contribution < -0.4 is 0 Å². The van der Waals surface area contributed by atoms with Gasteiger partial charge in [-0.05, 0) is 27.2 Å². The van der Waals surface area contributed by atoms with Gasteiger partial charge in [-0.1, -0.05) is 13.8 Å². The van der Waals surface area contributed by atoms with Crippen LogP contribution in [0.4, 0.5) is 0 Å². The van der Waals surface area contributed by atoms with Gasteiger partial charge < -0.3 is 4.74 Å². The summed E-state index contributed by atoms with van der Waals surface area (Å²) in [4.78, 5) is 22.1. The van der Waals surface area contributed by atoms with Crippen molar-refractivity contribution in [2.75, 3.05) is 0 Å². The lowest BCUT2D eigenvalue weighted by atomic mass is 9.79. The zero-order chi connectivity index (χ0) is 11.6. The fourth-order valence-corrected chi connectivity index (χ4v) is 1.61. The van der Waals surface area contributed by atoms with E-state index in [2.05, 4.69) is 0 Å². The van der Waals surface area contributed by atoms with E-state index in [4.69, 9.17) is 4.74 Å². The number of ether oxygens (including phenoxy) is 1. The first-order chi connectivity index (χ1) is 6.07. The molecular weight excluding hydrogens is 180 g/mol. The lowest BCUT2D eigenvalue weighted by Gasteiger charge is -2.32. The number of carbonyl (C=O) groups excluding carboxylic acids is 2. The normalized spacial score (nSPS) is 12.4. The van der Waals surface area contributed by atoms with Crippen LogP contribution in [0.2, 0.25) is 0 Å². The molecule has 0 atom stereocenters. The smallest absolute Gasteiger partial charge is 0.303 e. The molecule has 0 aromatic heterocycles. The Morgan fingerprint density at radius 2 is 1.50 bits per heavy atom. The highest BCUT2D eigenvalue weighted by Gasteiger charge is 2.34. The highest BCUT2D eigenvalue weighted by molar-refractivity contribution is 5.81. The minimum atomic E-state index is -0.582. The van der Waals surface area contributed by atoms with E-state index in [0.717, 1.165) is 0 Å². The standard InChI is InChI=1S/C11H20O3/c1-8(12)10(3,4)7-11(5,6)14-9(2)13/h7H2,1-6H3. The van der Waals surface area contributed by atoms with E-state index < -0.39 is 11.0 Å². The number of ketones is 1. The Balaban J connectivity index is 4.49. The van der Waals surface area contributed by atoms with Gasteiger partial charge in [0.2, 0.25) is 0 Å². The van der Waals surface area contributed by atoms with Gasteiger partial charge in [-0.25, -0.2) is 0 Å². The van der Waals surface area contributed by atoms with E-state index in [9.17, 15) is 9.59 Å². The zero-order valence-electron chi connectivity index (χ0n) is 9.93. The Morgan fingerprint density at radius 1 is 1.07 bits per heavy atom. The summed E-state index contributed by atoms with van der Waals surface area (Å²) < 4.78 is 5.13. The average Bonchev–Trinajstić information content (AvgIpc) is 1.79. The molecule has 82 valence electrons. The second kappa shape index (κ2) is 4.11. The van der Waals surface area contributed by atoms with Crippen LogP contribution in [-0.2, 0) is 14.3 Å². The van der Waals surface area contributed by atoms with Gasteiger partial charge in [-0.2, -0.15) is 0 Å². The molecule has 0 bridgehead atoms. The molecule has 0 saturated heterocycles. The van der Waals surface area contributed by atoms with Crippen molar-refractivity contribution in [3.8, 4) is 0 Å². The molecule has 0 aliphatic carbocycles. The molecule has 0 fully saturated rings. The van der Waals surface area contributed by atoms with Crippen LogP contribution >= 0.6 is 0 Å². The lowest BCUT2D eigenvalue weighted by molar-refractivity contribution is -0.157. The van der Waals surface area contributed by atoms with Gasteiger partial charge in [0.05, 0.1) is 0 Å². The number of Topliss-reactive ketones (excluding diaryl/α,β-unsaturated/α-hetero) is 1. The number of hydrogen-bond donors (Lipinski definition) is 0. The number of carbonyl (C=O) groups is 2. The van der Waals surface area contributed by atoms with E-state index in [1.165, 1.54) is 6.92 Å². The van der Waals surface area contributed by atoms with Crippen LogP contribution in [0.1, 0.15) is 48.0 Å². The van der Waals surface area contributed by atoms with Crippen molar-refractivity contribution in [1.29, 1.82) is 0 Å². The molecule has 0 aromatic rings. The van der Waals surface area contributed by atoms with Crippen LogP contribution in [0.25, 0.3) is 0 Å². The average molecular weight is 200 g/mol. The molecule has 0 aliphatic heterocycles. The predicted octanol–water partition coefficient (Wildman–Crippen LogP) is 2.33. The highest BCUT2D eigenvalue weighted by Crippen LogP contribution is 2.30. The van der Waals surface area contributed by atoms with Crippen molar-refractivity contribution in [2.45, 2.75) is 53.6 Å². The maximum Gasteiger partial charge on any atom is 0.303 e. The van der Waals surface area contributed by atoms with Crippen LogP contribution in [0.5, 0.6) is 0 Å². The maximum absolute atomic E-state index is 11.3. The van der Waals surface area contributed by atoms with Gasteiger partial charge in [0.25, 0.3) is 0 Å². The topological polar surface area (TPSA) is 43.4 Å². The largest absolute Gasteiger partial charge is 0.460 e. The molecule has 3 nitrogen and oxygen atoms in total. The zero-order valence-corrected chi connectivity index (χ0v) is 9.93. The highest BCUT2D eigenvalue weighted by atomic mass is 16.6. The Hall–Kier alpha value is -0.860. The maximum atomic E-state index is 11.3. The molecule has 0 amide bonds. The molecule has 0 radical (unpaired) electrons. The first kappa shape index (κ1) is 13.1. The Kier molecular flexibility index (Phi) is 3.86. The summed E-state index contributed by atoms with van der Waals surface area (Å²) in [5.74, 6) is -0.202. The summed E-state index contributed by atoms with van der Waals surface area (Å²) >= 11 is 0. The quantitative estimate of drug-likeness (QED) is 0.654. The number of rotatable bonds is 4. The monoisotopic (exact) mass is 200 g/mol. The molecule has 0 unspecified atom stereocenters. The molecule has 0 N–H and O–H groups in total. The first-order valence-corrected chi connectivity index (χ1v) is 4.77. The Morgan fingerprint density at radius 3 is 1.79 bits per heavy atom. The molecule has 14 heavy (non-hydrogen) atoms. The predicted molar refractivity (Wildman–Crippen MR) is 54.9 cm³/mol. The second-order valence-electron chi connectivity index (χ2n) is 4.97. The summed E-state index contributed by atoms with van der Waals surface area (Å²) in [6.45, 7) is 10.3. The summed E-state index contributed by atoms with van der Waals surface area (Å²) in [7, 11) is 0. The molecule has 0 saturated carbocycles. The number of hydrogen-bond acceptors (Lipinski definition) is 3. The fourth-order valence-electron chi connectivity index (χ4n) is 1.61. The first-order valence-electron chi connectivity index (χ1n) is 4.77. The van der Waals surface area contributed by atoms with E-state index in [1.807, 2.05) is 27.7 Å². The van der Waals surface area contributed by atoms with Crippen molar-refractivity contribution in [3.05, 3.63) is 0 Å². The van der Waals surface area contributed by atoms with Gasteiger partial charge in [0.15, 0.2) is 0 Å². The SMILES string of the molecule is CC(=O)OC(C)(C)CC(C)(C)C(C)=O. The van der Waals surface area contributed by atoms with Crippen LogP contribution in [0.15, 0.2) is 0 Å². The van der Waals surface area contributed by atoms with Crippen LogP contribution in [-0.4, -0.2) is 17.4 Å². The van der Waals surface area contributed by atoms with E-state index in [-0.39, 0.29) is 11.8 Å². The van der Waals surface area contributed by atoms with E-state index in [0.29, 0.717) is 6.42 Å². The van der Waals surface area contributed by atoms with Crippen molar-refractivity contribution >= 4 is 11.8 Å². The van der Waals surface area contributed by atoms with Crippen LogP contribution in [0.3, 0.4) is 0 Å². The molecule has 0 aliphatic rings. The van der Waals surface area contributed by atoms with E-state index in [1.54, 1.807) is 6.92 Å². The van der Waals surface area contributed by atoms with E-state index >= 15 is 0 Å². The van der Waals surface area contributed by atoms with Gasteiger partial charge in [0, 0.05) is 12.3 Å². The third-order valence-electron chi connectivity index (χ3n) is 2.24. The second-order valence-corrected chi connectivity index (χ2v) is 4.97. The van der Waals surface area contributed by atoms with Gasteiger partial charge in [-0.15, -0.1) is 0 Å². The third-order valence-corrected chi connectivity index (χ3v) is 2.24. The summed E-state index contributed by atoms with van der Waals surface area (Å²) in [5, 5.41) is 0. The van der Waals surface area contributed by atoms with Gasteiger partial charge in [0.1, 0.15) is 11.4 Å². The van der Waals surface area contributed by atoms with Crippen molar-refractivity contribution < 1.29 is 14.3 Å². The Bertz CT molecular complexity index is 239. The van der Waals surface area contributed by atoms with Crippen molar-refractivity contribution in [1.82, 2.24) is 0 Å². The minimum absolute atomic E-state index is 0.109. The lowest BCUT2D eigenvalue weighted by Crippen LogP contribution is -2.36. The van der Waals surface area contributed by atoms with Gasteiger partial charge >= 0.3 is 5.97 Å².